The van der Waals surface area contributed by atoms with Crippen LogP contribution in [0, 0.1) is 6.92 Å². The molecular formula is C12H16N2O4S3. The largest absolute Gasteiger partial charge is 0.389 e. The second-order valence-corrected chi connectivity index (χ2v) is 9.42. The fourth-order valence-corrected chi connectivity index (χ4v) is 5.68. The highest BCUT2D eigenvalue weighted by Crippen LogP contribution is 2.19. The number of hydrogen-bond donors (Lipinski definition) is 2. The molecular weight excluding hydrogens is 332 g/mol. The Hall–Kier alpha value is -1.03. The van der Waals surface area contributed by atoms with Gasteiger partial charge in [-0.1, -0.05) is 18.3 Å². The first-order chi connectivity index (χ1) is 9.61. The van der Waals surface area contributed by atoms with E-state index in [1.165, 1.54) is 12.1 Å². The predicted octanol–water partition coefficient (Wildman–Crippen LogP) is 0.0946. The quantitative estimate of drug-likeness (QED) is 0.747. The highest BCUT2D eigenvalue weighted by Gasteiger charge is 2.31. The third kappa shape index (κ3) is 3.79. The van der Waals surface area contributed by atoms with E-state index in [1.54, 1.807) is 13.0 Å². The van der Waals surface area contributed by atoms with Crippen molar-refractivity contribution in [2.45, 2.75) is 24.3 Å². The van der Waals surface area contributed by atoms with E-state index in [2.05, 4.69) is 4.72 Å². The molecule has 0 bridgehead atoms. The highest BCUT2D eigenvalue weighted by molar-refractivity contribution is 7.92. The summed E-state index contributed by atoms with van der Waals surface area (Å²) in [6, 6.07) is 3.99. The molecule has 6 nitrogen and oxygen atoms in total. The smallest absolute Gasteiger partial charge is 0.241 e. The summed E-state index contributed by atoms with van der Waals surface area (Å²) in [5.74, 6) is -0.143. The van der Waals surface area contributed by atoms with Crippen molar-refractivity contribution < 1.29 is 16.8 Å². The Labute approximate surface area is 129 Å². The van der Waals surface area contributed by atoms with Gasteiger partial charge in [0.05, 0.1) is 16.4 Å². The van der Waals surface area contributed by atoms with E-state index in [1.807, 2.05) is 0 Å². The molecule has 1 atom stereocenters. The summed E-state index contributed by atoms with van der Waals surface area (Å²) in [6.45, 7) is 1.64. The van der Waals surface area contributed by atoms with E-state index in [-0.39, 0.29) is 21.4 Å². The zero-order valence-electron chi connectivity index (χ0n) is 11.4. The number of sulfone groups is 1. The number of sulfonamides is 1. The van der Waals surface area contributed by atoms with E-state index < -0.39 is 25.9 Å². The molecule has 1 saturated heterocycles. The fourth-order valence-electron chi connectivity index (χ4n) is 2.28. The number of aryl methyl sites for hydroxylation is 1. The van der Waals surface area contributed by atoms with Crippen molar-refractivity contribution in [3.63, 3.8) is 0 Å². The molecule has 0 amide bonds. The van der Waals surface area contributed by atoms with Crippen LogP contribution >= 0.6 is 12.2 Å². The molecule has 0 spiro atoms. The Morgan fingerprint density at radius 2 is 2.10 bits per heavy atom. The van der Waals surface area contributed by atoms with Crippen LogP contribution < -0.4 is 10.5 Å². The molecule has 1 fully saturated rings. The van der Waals surface area contributed by atoms with Gasteiger partial charge in [-0.3, -0.25) is 0 Å². The predicted molar refractivity (Wildman–Crippen MR) is 84.4 cm³/mol. The summed E-state index contributed by atoms with van der Waals surface area (Å²) < 4.78 is 49.9. The average molecular weight is 348 g/mol. The maximum atomic E-state index is 12.3. The lowest BCUT2D eigenvalue weighted by Crippen LogP contribution is -2.35. The maximum absolute atomic E-state index is 12.3. The van der Waals surface area contributed by atoms with E-state index >= 15 is 0 Å². The molecule has 9 heteroatoms. The number of nitrogens with one attached hydrogen (secondary N) is 1. The van der Waals surface area contributed by atoms with Gasteiger partial charge in [-0.2, -0.15) is 0 Å². The highest BCUT2D eigenvalue weighted by atomic mass is 32.2. The van der Waals surface area contributed by atoms with Crippen molar-refractivity contribution in [1.82, 2.24) is 4.72 Å². The molecule has 1 aromatic rings. The molecule has 1 heterocycles. The van der Waals surface area contributed by atoms with Crippen LogP contribution in [0.1, 0.15) is 17.5 Å². The molecule has 21 heavy (non-hydrogen) atoms. The Bertz CT molecular complexity index is 785. The lowest BCUT2D eigenvalue weighted by Gasteiger charge is -2.14. The number of hydrogen-bond acceptors (Lipinski definition) is 5. The summed E-state index contributed by atoms with van der Waals surface area (Å²) in [5.41, 5.74) is 6.60. The standard InChI is InChI=1S/C12H16N2O4S3/c1-8-6-9(12(13)19)2-3-11(8)21(17,18)14-10-4-5-20(15,16)7-10/h2-3,6,10,14H,4-5,7H2,1H3,(H2,13,19). The van der Waals surface area contributed by atoms with Crippen LogP contribution in [0.5, 0.6) is 0 Å². The monoisotopic (exact) mass is 348 g/mol. The third-order valence-electron chi connectivity index (χ3n) is 3.30. The lowest BCUT2D eigenvalue weighted by molar-refractivity contribution is 0.562. The van der Waals surface area contributed by atoms with Crippen molar-refractivity contribution in [3.8, 4) is 0 Å². The molecule has 1 unspecified atom stereocenters. The normalized spacial score (nSPS) is 21.3. The van der Waals surface area contributed by atoms with Crippen molar-refractivity contribution in [2.24, 2.45) is 5.73 Å². The molecule has 116 valence electrons. The fraction of sp³-hybridized carbons (Fsp3) is 0.417. The van der Waals surface area contributed by atoms with Crippen LogP contribution in [0.2, 0.25) is 0 Å². The zero-order valence-corrected chi connectivity index (χ0v) is 13.8. The van der Waals surface area contributed by atoms with E-state index in [0.717, 1.165) is 0 Å². The van der Waals surface area contributed by atoms with Gasteiger partial charge in [0.15, 0.2) is 9.84 Å². The Balaban J connectivity index is 2.26. The zero-order chi connectivity index (χ0) is 15.8. The Morgan fingerprint density at radius 3 is 2.57 bits per heavy atom. The van der Waals surface area contributed by atoms with Crippen LogP contribution in [0.25, 0.3) is 0 Å². The molecule has 3 N–H and O–H groups in total. The maximum Gasteiger partial charge on any atom is 0.241 e. The van der Waals surface area contributed by atoms with E-state index in [9.17, 15) is 16.8 Å². The first-order valence-corrected chi connectivity index (χ1v) is 9.95. The van der Waals surface area contributed by atoms with E-state index in [0.29, 0.717) is 17.5 Å². The second kappa shape index (κ2) is 5.64. The van der Waals surface area contributed by atoms with Gasteiger partial charge in [-0.05, 0) is 31.0 Å². The van der Waals surface area contributed by atoms with Crippen LogP contribution in [0.4, 0.5) is 0 Å². The van der Waals surface area contributed by atoms with Crippen LogP contribution in [0.3, 0.4) is 0 Å². The van der Waals surface area contributed by atoms with Crippen molar-refractivity contribution in [1.29, 1.82) is 0 Å². The molecule has 1 aromatic carbocycles. The molecule has 0 radical (unpaired) electrons. The van der Waals surface area contributed by atoms with Gasteiger partial charge in [0.1, 0.15) is 4.99 Å². The number of thiocarbonyl (C=S) groups is 1. The Kier molecular flexibility index (Phi) is 4.39. The topological polar surface area (TPSA) is 106 Å². The van der Waals surface area contributed by atoms with Gasteiger partial charge in [-0.15, -0.1) is 0 Å². The first kappa shape index (κ1) is 16.3. The minimum absolute atomic E-state index is 0.0134. The SMILES string of the molecule is Cc1cc(C(N)=S)ccc1S(=O)(=O)NC1CCS(=O)(=O)C1. The summed E-state index contributed by atoms with van der Waals surface area (Å²) >= 11 is 4.85. The van der Waals surface area contributed by atoms with Gasteiger partial charge < -0.3 is 5.73 Å². The van der Waals surface area contributed by atoms with Crippen molar-refractivity contribution >= 4 is 37.1 Å². The first-order valence-electron chi connectivity index (χ1n) is 6.24. The molecule has 1 aliphatic rings. The average Bonchev–Trinajstić information content (AvgIpc) is 2.67. The lowest BCUT2D eigenvalue weighted by atomic mass is 10.1. The van der Waals surface area contributed by atoms with Crippen LogP contribution in [-0.2, 0) is 19.9 Å². The van der Waals surface area contributed by atoms with Gasteiger partial charge in [0.25, 0.3) is 0 Å². The third-order valence-corrected chi connectivity index (χ3v) is 6.99. The second-order valence-electron chi connectivity index (χ2n) is 5.07. The molecule has 0 aromatic heterocycles. The summed E-state index contributed by atoms with van der Waals surface area (Å²) in [7, 11) is -6.90. The Morgan fingerprint density at radius 1 is 1.43 bits per heavy atom. The van der Waals surface area contributed by atoms with Gasteiger partial charge in [-0.25, -0.2) is 21.6 Å². The summed E-state index contributed by atoms with van der Waals surface area (Å²) in [4.78, 5) is 0.295. The minimum atomic E-state index is -3.77. The van der Waals surface area contributed by atoms with E-state index in [4.69, 9.17) is 18.0 Å². The van der Waals surface area contributed by atoms with Gasteiger partial charge in [0.2, 0.25) is 10.0 Å². The molecule has 2 rings (SSSR count). The number of benzene rings is 1. The molecule has 1 aliphatic heterocycles. The van der Waals surface area contributed by atoms with Crippen LogP contribution in [0.15, 0.2) is 23.1 Å². The van der Waals surface area contributed by atoms with Crippen molar-refractivity contribution in [3.05, 3.63) is 29.3 Å². The summed E-state index contributed by atoms with van der Waals surface area (Å²) in [5, 5.41) is 0. The number of rotatable bonds is 4. The molecule has 0 aliphatic carbocycles. The van der Waals surface area contributed by atoms with Gasteiger partial charge in [0, 0.05) is 11.6 Å². The van der Waals surface area contributed by atoms with Crippen LogP contribution in [-0.4, -0.2) is 39.4 Å². The molecule has 0 saturated carbocycles. The van der Waals surface area contributed by atoms with Crippen molar-refractivity contribution in [2.75, 3.05) is 11.5 Å². The number of nitrogens with two attached hydrogens (primary N) is 1. The summed E-state index contributed by atoms with van der Waals surface area (Å²) in [6.07, 6.45) is 0.297. The minimum Gasteiger partial charge on any atom is -0.389 e. The van der Waals surface area contributed by atoms with Gasteiger partial charge >= 0.3 is 0 Å².